The number of benzene rings is 1. The Morgan fingerprint density at radius 2 is 1.72 bits per heavy atom. The molecule has 3 nitrogen and oxygen atoms in total. The number of alkyl halides is 3. The number of piperazine rings is 1. The van der Waals surface area contributed by atoms with E-state index >= 15 is 0 Å². The van der Waals surface area contributed by atoms with Gasteiger partial charge in [-0.1, -0.05) is 0 Å². The van der Waals surface area contributed by atoms with Crippen molar-refractivity contribution in [3.63, 3.8) is 0 Å². The third-order valence-corrected chi connectivity index (χ3v) is 3.47. The van der Waals surface area contributed by atoms with Gasteiger partial charge in [-0.05, 0) is 36.2 Å². The van der Waals surface area contributed by atoms with Crippen molar-refractivity contribution in [2.45, 2.75) is 11.3 Å². The first kappa shape index (κ1) is 13.5. The molecule has 0 saturated carbocycles. The predicted octanol–water partition coefficient (Wildman–Crippen LogP) is 2.50. The van der Waals surface area contributed by atoms with Gasteiger partial charge < -0.3 is 10.1 Å². The smallest absolute Gasteiger partial charge is 0.406 e. The standard InChI is InChI=1S/C11H13F3N2OS/c12-11(13,14)17-9-1-3-10(4-2-9)18-16-7-5-15-6-8-16/h1-4,15H,5-8H2. The number of halogens is 3. The van der Waals surface area contributed by atoms with Crippen LogP contribution in [0.3, 0.4) is 0 Å². The molecular formula is C11H13F3N2OS. The third-order valence-electron chi connectivity index (χ3n) is 2.37. The fourth-order valence-electron chi connectivity index (χ4n) is 1.59. The molecule has 0 aliphatic carbocycles. The van der Waals surface area contributed by atoms with E-state index in [1.807, 2.05) is 0 Å². The van der Waals surface area contributed by atoms with Crippen molar-refractivity contribution in [2.24, 2.45) is 0 Å². The normalized spacial score (nSPS) is 17.7. The molecule has 0 radical (unpaired) electrons. The van der Waals surface area contributed by atoms with Gasteiger partial charge in [-0.3, -0.25) is 0 Å². The molecule has 0 aromatic heterocycles. The fraction of sp³-hybridized carbons (Fsp3) is 0.455. The molecule has 0 spiro atoms. The van der Waals surface area contributed by atoms with E-state index in [2.05, 4.69) is 14.4 Å². The van der Waals surface area contributed by atoms with Gasteiger partial charge in [0.2, 0.25) is 0 Å². The van der Waals surface area contributed by atoms with Gasteiger partial charge in [0.05, 0.1) is 0 Å². The monoisotopic (exact) mass is 278 g/mol. The Bertz CT molecular complexity index is 377. The first-order chi connectivity index (χ1) is 8.53. The van der Waals surface area contributed by atoms with E-state index < -0.39 is 6.36 Å². The summed E-state index contributed by atoms with van der Waals surface area (Å²) in [6.45, 7) is 3.71. The average molecular weight is 278 g/mol. The number of ether oxygens (including phenoxy) is 1. The van der Waals surface area contributed by atoms with Gasteiger partial charge in [0.15, 0.2) is 0 Å². The van der Waals surface area contributed by atoms with Crippen molar-refractivity contribution in [1.29, 1.82) is 0 Å². The van der Waals surface area contributed by atoms with Crippen LogP contribution in [0.2, 0.25) is 0 Å². The van der Waals surface area contributed by atoms with E-state index in [0.717, 1.165) is 31.1 Å². The van der Waals surface area contributed by atoms with Gasteiger partial charge in [0.25, 0.3) is 0 Å². The number of nitrogens with one attached hydrogen (secondary N) is 1. The summed E-state index contributed by atoms with van der Waals surface area (Å²) in [6.07, 6.45) is -4.63. The quantitative estimate of drug-likeness (QED) is 0.859. The van der Waals surface area contributed by atoms with Gasteiger partial charge in [0.1, 0.15) is 5.75 Å². The molecule has 18 heavy (non-hydrogen) atoms. The highest BCUT2D eigenvalue weighted by Gasteiger charge is 2.30. The largest absolute Gasteiger partial charge is 0.573 e. The lowest BCUT2D eigenvalue weighted by atomic mass is 10.3. The Labute approximate surface area is 107 Å². The molecule has 1 fully saturated rings. The van der Waals surface area contributed by atoms with Crippen LogP contribution in [-0.2, 0) is 0 Å². The molecule has 1 aliphatic heterocycles. The number of rotatable bonds is 3. The molecule has 1 saturated heterocycles. The van der Waals surface area contributed by atoms with Crippen molar-refractivity contribution in [2.75, 3.05) is 26.2 Å². The van der Waals surface area contributed by atoms with Gasteiger partial charge in [-0.2, -0.15) is 0 Å². The Kier molecular flexibility index (Phi) is 4.36. The van der Waals surface area contributed by atoms with Crippen LogP contribution in [0, 0.1) is 0 Å². The van der Waals surface area contributed by atoms with E-state index in [9.17, 15) is 13.2 Å². The van der Waals surface area contributed by atoms with Crippen LogP contribution in [-0.4, -0.2) is 36.8 Å². The maximum Gasteiger partial charge on any atom is 0.573 e. The molecule has 1 N–H and O–H groups in total. The maximum atomic E-state index is 12.0. The topological polar surface area (TPSA) is 24.5 Å². The summed E-state index contributed by atoms with van der Waals surface area (Å²) in [7, 11) is 0. The zero-order valence-electron chi connectivity index (χ0n) is 9.54. The molecule has 1 aromatic carbocycles. The maximum absolute atomic E-state index is 12.0. The summed E-state index contributed by atoms with van der Waals surface area (Å²) >= 11 is 1.55. The number of hydrogen-bond donors (Lipinski definition) is 1. The van der Waals surface area contributed by atoms with E-state index in [1.165, 1.54) is 12.1 Å². The van der Waals surface area contributed by atoms with Crippen LogP contribution in [0.15, 0.2) is 29.2 Å². The van der Waals surface area contributed by atoms with Crippen LogP contribution in [0.4, 0.5) is 13.2 Å². The summed E-state index contributed by atoms with van der Waals surface area (Å²) in [5.41, 5.74) is 0. The average Bonchev–Trinajstić information content (AvgIpc) is 2.31. The summed E-state index contributed by atoms with van der Waals surface area (Å²) in [5.74, 6) is -0.188. The van der Waals surface area contributed by atoms with Gasteiger partial charge in [-0.15, -0.1) is 13.2 Å². The van der Waals surface area contributed by atoms with Crippen molar-refractivity contribution in [3.05, 3.63) is 24.3 Å². The number of nitrogens with zero attached hydrogens (tertiary/aromatic N) is 1. The van der Waals surface area contributed by atoms with Crippen molar-refractivity contribution in [1.82, 2.24) is 9.62 Å². The third kappa shape index (κ3) is 4.40. The Balaban J connectivity index is 1.90. The zero-order chi connectivity index (χ0) is 13.0. The van der Waals surface area contributed by atoms with Gasteiger partial charge >= 0.3 is 6.36 Å². The highest BCUT2D eigenvalue weighted by Crippen LogP contribution is 2.27. The Hall–Kier alpha value is -0.920. The molecule has 100 valence electrons. The first-order valence-corrected chi connectivity index (χ1v) is 6.30. The lowest BCUT2D eigenvalue weighted by Crippen LogP contribution is -2.39. The van der Waals surface area contributed by atoms with Crippen LogP contribution in [0.1, 0.15) is 0 Å². The van der Waals surface area contributed by atoms with Crippen LogP contribution in [0.25, 0.3) is 0 Å². The van der Waals surface area contributed by atoms with E-state index in [0.29, 0.717) is 0 Å². The summed E-state index contributed by atoms with van der Waals surface area (Å²) in [4.78, 5) is 0.909. The van der Waals surface area contributed by atoms with E-state index in [4.69, 9.17) is 0 Å². The molecule has 0 unspecified atom stereocenters. The minimum Gasteiger partial charge on any atom is -0.406 e. The lowest BCUT2D eigenvalue weighted by Gasteiger charge is -2.25. The molecular weight excluding hydrogens is 265 g/mol. The van der Waals surface area contributed by atoms with E-state index in [-0.39, 0.29) is 5.75 Å². The molecule has 0 bridgehead atoms. The fourth-order valence-corrected chi connectivity index (χ4v) is 2.51. The van der Waals surface area contributed by atoms with Gasteiger partial charge in [-0.25, -0.2) is 4.31 Å². The lowest BCUT2D eigenvalue weighted by molar-refractivity contribution is -0.274. The molecule has 0 amide bonds. The summed E-state index contributed by atoms with van der Waals surface area (Å²) < 4.78 is 41.9. The van der Waals surface area contributed by atoms with Crippen LogP contribution < -0.4 is 10.1 Å². The summed E-state index contributed by atoms with van der Waals surface area (Å²) in [6, 6.07) is 5.93. The summed E-state index contributed by atoms with van der Waals surface area (Å²) in [5, 5.41) is 3.24. The van der Waals surface area contributed by atoms with Crippen molar-refractivity contribution in [3.8, 4) is 5.75 Å². The molecule has 1 aromatic rings. The molecule has 2 rings (SSSR count). The number of hydrogen-bond acceptors (Lipinski definition) is 4. The van der Waals surface area contributed by atoms with Crippen LogP contribution in [0.5, 0.6) is 5.75 Å². The highest BCUT2D eigenvalue weighted by atomic mass is 32.2. The second-order valence-corrected chi connectivity index (χ2v) is 4.96. The molecule has 1 heterocycles. The minimum atomic E-state index is -4.63. The van der Waals surface area contributed by atoms with Crippen molar-refractivity contribution >= 4 is 11.9 Å². The molecule has 0 atom stereocenters. The SMILES string of the molecule is FC(F)(F)Oc1ccc(SN2CCNCC2)cc1. The second-order valence-electron chi connectivity index (χ2n) is 3.79. The minimum absolute atomic E-state index is 0.188. The van der Waals surface area contributed by atoms with Crippen LogP contribution >= 0.6 is 11.9 Å². The Morgan fingerprint density at radius 1 is 1.11 bits per heavy atom. The zero-order valence-corrected chi connectivity index (χ0v) is 10.4. The second kappa shape index (κ2) is 5.81. The highest BCUT2D eigenvalue weighted by molar-refractivity contribution is 7.97. The predicted molar refractivity (Wildman–Crippen MR) is 63.4 cm³/mol. The Morgan fingerprint density at radius 3 is 2.28 bits per heavy atom. The van der Waals surface area contributed by atoms with Crippen molar-refractivity contribution < 1.29 is 17.9 Å². The van der Waals surface area contributed by atoms with Gasteiger partial charge in [0, 0.05) is 31.1 Å². The van der Waals surface area contributed by atoms with E-state index in [1.54, 1.807) is 24.1 Å². The molecule has 7 heteroatoms. The first-order valence-electron chi connectivity index (χ1n) is 5.52. The molecule has 1 aliphatic rings.